The van der Waals surface area contributed by atoms with E-state index in [0.29, 0.717) is 17.1 Å². The molecule has 0 amide bonds. The Morgan fingerprint density at radius 1 is 1.24 bits per heavy atom. The largest absolute Gasteiger partial charge is 0.506 e. The monoisotopic (exact) mass is 246 g/mol. The van der Waals surface area contributed by atoms with Crippen molar-refractivity contribution in [3.05, 3.63) is 58.9 Å². The number of halogens is 1. The lowest BCUT2D eigenvalue weighted by molar-refractivity contribution is 0.474. The number of rotatable bonds is 3. The molecule has 17 heavy (non-hydrogen) atoms. The number of nitrogens with zero attached hydrogens (tertiary/aromatic N) is 2. The topological polar surface area (TPSA) is 45.5 Å². The van der Waals surface area contributed by atoms with E-state index in [1.54, 1.807) is 30.6 Å². The number of benzene rings is 1. The van der Waals surface area contributed by atoms with Crippen LogP contribution in [0.4, 0.5) is 0 Å². The van der Waals surface area contributed by atoms with Crippen molar-refractivity contribution in [3.63, 3.8) is 0 Å². The SMILES string of the molecule is Oc1c(Cl)cccc1C=NCc1ccccn1. The molecule has 1 N–H and O–H groups in total. The Morgan fingerprint density at radius 3 is 2.88 bits per heavy atom. The average molecular weight is 247 g/mol. The lowest BCUT2D eigenvalue weighted by Gasteiger charge is -2.00. The standard InChI is InChI=1S/C13H11ClN2O/c14-12-6-3-4-10(13(12)17)8-15-9-11-5-1-2-7-16-11/h1-8,17H,9H2. The quantitative estimate of drug-likeness (QED) is 0.846. The van der Waals surface area contributed by atoms with Gasteiger partial charge in [-0.25, -0.2) is 0 Å². The first-order chi connectivity index (χ1) is 8.27. The van der Waals surface area contributed by atoms with Crippen molar-refractivity contribution in [1.82, 2.24) is 4.98 Å². The van der Waals surface area contributed by atoms with E-state index in [4.69, 9.17) is 11.6 Å². The number of pyridine rings is 1. The zero-order valence-electron chi connectivity index (χ0n) is 9.05. The van der Waals surface area contributed by atoms with Gasteiger partial charge < -0.3 is 5.11 Å². The van der Waals surface area contributed by atoms with Gasteiger partial charge in [-0.3, -0.25) is 9.98 Å². The zero-order chi connectivity index (χ0) is 12.1. The first-order valence-electron chi connectivity index (χ1n) is 5.14. The number of para-hydroxylation sites is 1. The lowest BCUT2D eigenvalue weighted by atomic mass is 10.2. The molecule has 3 nitrogen and oxygen atoms in total. The fraction of sp³-hybridized carbons (Fsp3) is 0.0769. The van der Waals surface area contributed by atoms with Crippen LogP contribution in [0, 0.1) is 0 Å². The molecule has 1 aromatic heterocycles. The summed E-state index contributed by atoms with van der Waals surface area (Å²) < 4.78 is 0. The predicted molar refractivity (Wildman–Crippen MR) is 68.7 cm³/mol. The molecule has 86 valence electrons. The summed E-state index contributed by atoms with van der Waals surface area (Å²) in [6.45, 7) is 0.479. The molecule has 1 heterocycles. The summed E-state index contributed by atoms with van der Waals surface area (Å²) in [5.74, 6) is 0.0546. The van der Waals surface area contributed by atoms with Gasteiger partial charge in [-0.05, 0) is 24.3 Å². The van der Waals surface area contributed by atoms with Crippen LogP contribution in [0.1, 0.15) is 11.3 Å². The number of hydrogen-bond acceptors (Lipinski definition) is 3. The van der Waals surface area contributed by atoms with Gasteiger partial charge in [0.25, 0.3) is 0 Å². The number of phenols is 1. The third kappa shape index (κ3) is 3.04. The molecular weight excluding hydrogens is 236 g/mol. The molecule has 0 unspecified atom stereocenters. The van der Waals surface area contributed by atoms with Crippen LogP contribution in [0.5, 0.6) is 5.75 Å². The summed E-state index contributed by atoms with van der Waals surface area (Å²) in [6, 6.07) is 10.8. The second-order valence-electron chi connectivity index (χ2n) is 3.47. The molecule has 0 aliphatic carbocycles. The van der Waals surface area contributed by atoms with Crippen LogP contribution in [-0.2, 0) is 6.54 Å². The minimum atomic E-state index is 0.0546. The van der Waals surface area contributed by atoms with Crippen LogP contribution in [-0.4, -0.2) is 16.3 Å². The minimum absolute atomic E-state index is 0.0546. The third-order valence-electron chi connectivity index (χ3n) is 2.23. The van der Waals surface area contributed by atoms with E-state index in [9.17, 15) is 5.11 Å². The molecule has 2 aromatic rings. The van der Waals surface area contributed by atoms with Crippen molar-refractivity contribution in [2.45, 2.75) is 6.54 Å². The molecule has 0 bridgehead atoms. The van der Waals surface area contributed by atoms with Crippen LogP contribution < -0.4 is 0 Å². The summed E-state index contributed by atoms with van der Waals surface area (Å²) in [5, 5.41) is 9.98. The summed E-state index contributed by atoms with van der Waals surface area (Å²) in [5.41, 5.74) is 1.48. The third-order valence-corrected chi connectivity index (χ3v) is 2.53. The normalized spacial score (nSPS) is 10.9. The first kappa shape index (κ1) is 11.6. The van der Waals surface area contributed by atoms with Crippen LogP contribution in [0.3, 0.4) is 0 Å². The smallest absolute Gasteiger partial charge is 0.142 e. The average Bonchev–Trinajstić information content (AvgIpc) is 2.36. The van der Waals surface area contributed by atoms with Crippen LogP contribution in [0.25, 0.3) is 0 Å². The van der Waals surface area contributed by atoms with Crippen molar-refractivity contribution in [2.24, 2.45) is 4.99 Å². The highest BCUT2D eigenvalue weighted by atomic mass is 35.5. The molecule has 0 fully saturated rings. The van der Waals surface area contributed by atoms with E-state index in [0.717, 1.165) is 5.69 Å². The fourth-order valence-electron chi connectivity index (χ4n) is 1.37. The number of hydrogen-bond donors (Lipinski definition) is 1. The van der Waals surface area contributed by atoms with Crippen LogP contribution in [0.15, 0.2) is 47.6 Å². The molecule has 0 atom stereocenters. The highest BCUT2D eigenvalue weighted by Gasteiger charge is 2.01. The van der Waals surface area contributed by atoms with Gasteiger partial charge in [0.15, 0.2) is 0 Å². The van der Waals surface area contributed by atoms with E-state index in [-0.39, 0.29) is 5.75 Å². The molecule has 4 heteroatoms. The van der Waals surface area contributed by atoms with Crippen LogP contribution in [0.2, 0.25) is 5.02 Å². The van der Waals surface area contributed by atoms with E-state index >= 15 is 0 Å². The number of phenolic OH excluding ortho intramolecular Hbond substituents is 1. The van der Waals surface area contributed by atoms with Gasteiger partial charge in [0.05, 0.1) is 17.3 Å². The molecular formula is C13H11ClN2O. The van der Waals surface area contributed by atoms with Crippen molar-refractivity contribution in [3.8, 4) is 5.75 Å². The van der Waals surface area contributed by atoms with Gasteiger partial charge in [-0.1, -0.05) is 23.7 Å². The van der Waals surface area contributed by atoms with Gasteiger partial charge in [-0.2, -0.15) is 0 Å². The van der Waals surface area contributed by atoms with Crippen molar-refractivity contribution >= 4 is 17.8 Å². The second-order valence-corrected chi connectivity index (χ2v) is 3.88. The highest BCUT2D eigenvalue weighted by molar-refractivity contribution is 6.32. The minimum Gasteiger partial charge on any atom is -0.506 e. The Hall–Kier alpha value is -1.87. The van der Waals surface area contributed by atoms with Crippen molar-refractivity contribution in [1.29, 1.82) is 0 Å². The first-order valence-corrected chi connectivity index (χ1v) is 5.52. The molecule has 0 radical (unpaired) electrons. The summed E-state index contributed by atoms with van der Waals surface area (Å²) in [7, 11) is 0. The maximum absolute atomic E-state index is 9.66. The second kappa shape index (κ2) is 5.46. The predicted octanol–water partition coefficient (Wildman–Crippen LogP) is 3.06. The molecule has 0 saturated heterocycles. The summed E-state index contributed by atoms with van der Waals surface area (Å²) in [4.78, 5) is 8.36. The number of aliphatic imine (C=N–C) groups is 1. The van der Waals surface area contributed by atoms with Crippen LogP contribution >= 0.6 is 11.6 Å². The van der Waals surface area contributed by atoms with Gasteiger partial charge in [0, 0.05) is 18.0 Å². The number of aromatic nitrogens is 1. The zero-order valence-corrected chi connectivity index (χ0v) is 9.80. The van der Waals surface area contributed by atoms with E-state index < -0.39 is 0 Å². The van der Waals surface area contributed by atoms with Crippen molar-refractivity contribution in [2.75, 3.05) is 0 Å². The maximum Gasteiger partial charge on any atom is 0.142 e. The maximum atomic E-state index is 9.66. The van der Waals surface area contributed by atoms with Gasteiger partial charge in [0.2, 0.25) is 0 Å². The Labute approximate surface area is 104 Å². The number of aromatic hydroxyl groups is 1. The van der Waals surface area contributed by atoms with Gasteiger partial charge >= 0.3 is 0 Å². The molecule has 0 aliphatic heterocycles. The Morgan fingerprint density at radius 2 is 2.12 bits per heavy atom. The van der Waals surface area contributed by atoms with Gasteiger partial charge in [0.1, 0.15) is 5.75 Å². The fourth-order valence-corrected chi connectivity index (χ4v) is 1.55. The summed E-state index contributed by atoms with van der Waals surface area (Å²) >= 11 is 5.79. The Kier molecular flexibility index (Phi) is 3.73. The molecule has 1 aromatic carbocycles. The Bertz CT molecular complexity index is 526. The van der Waals surface area contributed by atoms with E-state index in [1.165, 1.54) is 0 Å². The highest BCUT2D eigenvalue weighted by Crippen LogP contribution is 2.25. The van der Waals surface area contributed by atoms with Gasteiger partial charge in [-0.15, -0.1) is 0 Å². The summed E-state index contributed by atoms with van der Waals surface area (Å²) in [6.07, 6.45) is 3.32. The Balaban J connectivity index is 2.09. The molecule has 2 rings (SSSR count). The molecule has 0 spiro atoms. The van der Waals surface area contributed by atoms with Crippen molar-refractivity contribution < 1.29 is 5.11 Å². The lowest BCUT2D eigenvalue weighted by Crippen LogP contribution is -1.88. The molecule has 0 saturated carbocycles. The molecule has 0 aliphatic rings. The van der Waals surface area contributed by atoms with E-state index in [2.05, 4.69) is 9.98 Å². The van der Waals surface area contributed by atoms with E-state index in [1.807, 2.05) is 18.2 Å².